The van der Waals surface area contributed by atoms with Gasteiger partial charge in [0.25, 0.3) is 5.91 Å². The lowest BCUT2D eigenvalue weighted by Gasteiger charge is -2.35. The molecule has 2 unspecified atom stereocenters. The van der Waals surface area contributed by atoms with Gasteiger partial charge in [0.1, 0.15) is 11.5 Å². The van der Waals surface area contributed by atoms with E-state index in [0.717, 1.165) is 28.3 Å². The Morgan fingerprint density at radius 2 is 1.86 bits per heavy atom. The van der Waals surface area contributed by atoms with Crippen LogP contribution < -0.4 is 5.32 Å². The monoisotopic (exact) mass is 517 g/mol. The maximum absolute atomic E-state index is 12.7. The minimum atomic E-state index is -4.43. The van der Waals surface area contributed by atoms with Gasteiger partial charge in [-0.1, -0.05) is 12.1 Å². The van der Waals surface area contributed by atoms with Crippen molar-refractivity contribution in [3.05, 3.63) is 72.2 Å². The number of alkyl halides is 3. The molecule has 4 rings (SSSR count). The Labute approximate surface area is 211 Å². The lowest BCUT2D eigenvalue weighted by Crippen LogP contribution is -2.47. The molecule has 2 N–H and O–H groups in total. The summed E-state index contributed by atoms with van der Waals surface area (Å²) >= 11 is 1.53. The number of benzene rings is 1. The third-order valence-electron chi connectivity index (χ3n) is 5.78. The number of nitrogens with one attached hydrogen (secondary N) is 1. The van der Waals surface area contributed by atoms with Crippen LogP contribution in [0.4, 0.5) is 19.0 Å². The van der Waals surface area contributed by atoms with E-state index >= 15 is 0 Å². The smallest absolute Gasteiger partial charge is 0.390 e. The Bertz CT molecular complexity index is 1190. The number of anilines is 1. The summed E-state index contributed by atoms with van der Waals surface area (Å²) in [6.45, 7) is 1.08. The van der Waals surface area contributed by atoms with Crippen LogP contribution in [0.1, 0.15) is 22.5 Å². The number of pyridine rings is 2. The number of aliphatic hydroxyl groups excluding tert-OH is 1. The second-order valence-corrected chi connectivity index (χ2v) is 9.84. The molecule has 0 saturated carbocycles. The molecule has 0 aliphatic carbocycles. The van der Waals surface area contributed by atoms with E-state index in [9.17, 15) is 23.1 Å². The van der Waals surface area contributed by atoms with Gasteiger partial charge in [0.2, 0.25) is 0 Å². The summed E-state index contributed by atoms with van der Waals surface area (Å²) in [5.41, 5.74) is 1.43. The van der Waals surface area contributed by atoms with E-state index in [1.807, 2.05) is 30.3 Å². The minimum Gasteiger partial charge on any atom is -0.390 e. The highest BCUT2D eigenvalue weighted by atomic mass is 32.2. The van der Waals surface area contributed by atoms with E-state index in [-0.39, 0.29) is 11.9 Å². The lowest BCUT2D eigenvalue weighted by atomic mass is 10.0. The molecule has 1 aromatic carbocycles. The molecule has 11 heteroatoms. The Kier molecular flexibility index (Phi) is 7.82. The molecule has 7 nitrogen and oxygen atoms in total. The molecule has 1 saturated heterocycles. The number of amides is 1. The fourth-order valence-corrected chi connectivity index (χ4v) is 4.78. The molecule has 2 aromatic heterocycles. The van der Waals surface area contributed by atoms with Gasteiger partial charge < -0.3 is 15.3 Å². The maximum atomic E-state index is 12.7. The van der Waals surface area contributed by atoms with Gasteiger partial charge in [-0.05, 0) is 65.9 Å². The quantitative estimate of drug-likeness (QED) is 0.469. The second-order valence-electron chi connectivity index (χ2n) is 8.67. The molecule has 36 heavy (non-hydrogen) atoms. The number of halogens is 3. The summed E-state index contributed by atoms with van der Waals surface area (Å²) < 4.78 is 40.2. The summed E-state index contributed by atoms with van der Waals surface area (Å²) in [5.74, 6) is 0.143. The molecular formula is C25H26F3N5O2S. The minimum absolute atomic E-state index is 0.158. The zero-order chi connectivity index (χ0) is 25.9. The second kappa shape index (κ2) is 10.9. The van der Waals surface area contributed by atoms with Gasteiger partial charge >= 0.3 is 6.18 Å². The van der Waals surface area contributed by atoms with Crippen LogP contribution in [0.25, 0.3) is 11.1 Å². The Morgan fingerprint density at radius 3 is 2.47 bits per heavy atom. The highest BCUT2D eigenvalue weighted by molar-refractivity contribution is 7.97. The van der Waals surface area contributed by atoms with E-state index in [1.54, 1.807) is 26.4 Å². The van der Waals surface area contributed by atoms with Crippen LogP contribution in [-0.2, 0) is 6.18 Å². The van der Waals surface area contributed by atoms with Gasteiger partial charge in [-0.2, -0.15) is 13.2 Å². The van der Waals surface area contributed by atoms with Crippen molar-refractivity contribution in [3.63, 3.8) is 0 Å². The summed E-state index contributed by atoms with van der Waals surface area (Å²) in [5, 5.41) is 13.6. The highest BCUT2D eigenvalue weighted by Gasteiger charge is 2.31. The van der Waals surface area contributed by atoms with Crippen molar-refractivity contribution in [2.45, 2.75) is 29.6 Å². The van der Waals surface area contributed by atoms with Gasteiger partial charge in [0.15, 0.2) is 0 Å². The number of nitrogens with zero attached hydrogens (tertiary/aromatic N) is 4. The Morgan fingerprint density at radius 1 is 1.11 bits per heavy atom. The number of carbonyl (C=O) groups is 1. The largest absolute Gasteiger partial charge is 0.417 e. The van der Waals surface area contributed by atoms with Gasteiger partial charge in [0.05, 0.1) is 17.7 Å². The summed E-state index contributed by atoms with van der Waals surface area (Å²) in [6, 6.07) is 13.5. The molecule has 0 bridgehead atoms. The number of hydrogen-bond donors (Lipinski definition) is 2. The number of hydrogen-bond acceptors (Lipinski definition) is 7. The van der Waals surface area contributed by atoms with Crippen LogP contribution in [0.5, 0.6) is 0 Å². The van der Waals surface area contributed by atoms with Crippen molar-refractivity contribution >= 4 is 23.7 Å². The van der Waals surface area contributed by atoms with Crippen LogP contribution in [0, 0.1) is 0 Å². The molecule has 2 atom stereocenters. The standard InChI is InChI=1S/C25H26F3N5O2S/c1-32(2)24(35)21-13-17(9-11-29-21)16-3-6-19(7-4-16)36-33-12-10-20(22(34)15-33)31-23-8-5-18(14-30-23)25(26,27)28/h3-9,11,13-14,20,22,34H,10,12,15H2,1-2H3,(H,30,31). The normalized spacial score (nSPS) is 18.6. The molecule has 1 aliphatic rings. The van der Waals surface area contributed by atoms with E-state index in [4.69, 9.17) is 0 Å². The first-order chi connectivity index (χ1) is 17.1. The summed E-state index contributed by atoms with van der Waals surface area (Å²) in [6.07, 6.45) is -2.13. The van der Waals surface area contributed by atoms with Crippen molar-refractivity contribution in [1.82, 2.24) is 19.2 Å². The fourth-order valence-electron chi connectivity index (χ4n) is 3.80. The number of β-amino-alcohol motifs (C(OH)–C–C–N with tert-alkyl or cyclic N) is 1. The Hall–Kier alpha value is -3.15. The molecule has 1 fully saturated rings. The molecule has 1 amide bonds. The van der Waals surface area contributed by atoms with Crippen LogP contribution in [0.15, 0.2) is 65.8 Å². The van der Waals surface area contributed by atoms with Gasteiger partial charge in [-0.25, -0.2) is 9.29 Å². The topological polar surface area (TPSA) is 81.6 Å². The maximum Gasteiger partial charge on any atom is 0.417 e. The van der Waals surface area contributed by atoms with Gasteiger partial charge in [-0.3, -0.25) is 9.78 Å². The number of carbonyl (C=O) groups excluding carboxylic acids is 1. The zero-order valence-corrected chi connectivity index (χ0v) is 20.6. The number of rotatable bonds is 6. The predicted octanol–water partition coefficient (Wildman–Crippen LogP) is 4.42. The van der Waals surface area contributed by atoms with Crippen molar-refractivity contribution in [1.29, 1.82) is 0 Å². The summed E-state index contributed by atoms with van der Waals surface area (Å²) in [7, 11) is 3.37. The molecule has 0 radical (unpaired) electrons. The third kappa shape index (κ3) is 6.34. The zero-order valence-electron chi connectivity index (χ0n) is 19.7. The Balaban J connectivity index is 1.33. The first-order valence-corrected chi connectivity index (χ1v) is 12.1. The van der Waals surface area contributed by atoms with Crippen molar-refractivity contribution < 1.29 is 23.1 Å². The molecule has 3 heterocycles. The van der Waals surface area contributed by atoms with E-state index in [1.165, 1.54) is 22.9 Å². The van der Waals surface area contributed by atoms with E-state index in [2.05, 4.69) is 19.6 Å². The van der Waals surface area contributed by atoms with Crippen LogP contribution in [-0.4, -0.2) is 69.5 Å². The molecule has 3 aromatic rings. The van der Waals surface area contributed by atoms with Crippen LogP contribution in [0.2, 0.25) is 0 Å². The average Bonchev–Trinajstić information content (AvgIpc) is 2.85. The van der Waals surface area contributed by atoms with E-state index < -0.39 is 17.8 Å². The fraction of sp³-hybridized carbons (Fsp3) is 0.320. The molecule has 190 valence electrons. The highest BCUT2D eigenvalue weighted by Crippen LogP contribution is 2.31. The van der Waals surface area contributed by atoms with Crippen LogP contribution in [0.3, 0.4) is 0 Å². The third-order valence-corrected chi connectivity index (χ3v) is 6.85. The predicted molar refractivity (Wildman–Crippen MR) is 132 cm³/mol. The van der Waals surface area contributed by atoms with Crippen molar-refractivity contribution in [3.8, 4) is 11.1 Å². The average molecular weight is 518 g/mol. The van der Waals surface area contributed by atoms with Gasteiger partial charge in [0, 0.05) is 44.5 Å². The first kappa shape index (κ1) is 25.9. The van der Waals surface area contributed by atoms with Gasteiger partial charge in [-0.15, -0.1) is 0 Å². The lowest BCUT2D eigenvalue weighted by molar-refractivity contribution is -0.137. The summed E-state index contributed by atoms with van der Waals surface area (Å²) in [4.78, 5) is 22.7. The number of aliphatic hydroxyl groups is 1. The first-order valence-electron chi connectivity index (χ1n) is 11.3. The molecular weight excluding hydrogens is 491 g/mol. The van der Waals surface area contributed by atoms with Crippen molar-refractivity contribution in [2.24, 2.45) is 0 Å². The van der Waals surface area contributed by atoms with E-state index in [0.29, 0.717) is 31.0 Å². The molecule has 1 aliphatic heterocycles. The number of aromatic nitrogens is 2. The molecule has 0 spiro atoms. The number of piperidine rings is 1. The van der Waals surface area contributed by atoms with Crippen LogP contribution >= 0.6 is 11.9 Å². The van der Waals surface area contributed by atoms with Crippen molar-refractivity contribution in [2.75, 3.05) is 32.5 Å². The SMILES string of the molecule is CN(C)C(=O)c1cc(-c2ccc(SN3CCC(Nc4ccc(C(F)(F)F)cn4)C(O)C3)cc2)ccn1.